The maximum absolute atomic E-state index is 12.3. The van der Waals surface area contributed by atoms with E-state index in [-0.39, 0.29) is 16.4 Å². The van der Waals surface area contributed by atoms with Gasteiger partial charge in [0.1, 0.15) is 0 Å². The fourth-order valence-corrected chi connectivity index (χ4v) is 4.63. The molecular formula is C24H29NO3. The molecule has 4 heteroatoms. The summed E-state index contributed by atoms with van der Waals surface area (Å²) in [5, 5.41) is 9.60. The molecule has 1 aliphatic rings. The summed E-state index contributed by atoms with van der Waals surface area (Å²) in [4.78, 5) is 24.0. The highest BCUT2D eigenvalue weighted by Crippen LogP contribution is 2.51. The van der Waals surface area contributed by atoms with Crippen molar-refractivity contribution in [2.24, 2.45) is 5.73 Å². The van der Waals surface area contributed by atoms with Gasteiger partial charge in [-0.25, -0.2) is 4.79 Å². The number of carboxylic acid groups (broad SMARTS) is 1. The first-order valence-corrected chi connectivity index (χ1v) is 9.70. The molecule has 0 saturated carbocycles. The third-order valence-corrected chi connectivity index (χ3v) is 6.47. The standard InChI is InChI=1S/C24H29NO3/c1-13-15(8-7-9-16(13)22(27)28)19-14(2)17(21(25)26)12-18-20(19)24(5,6)11-10-23(18,3)4/h7-9,12H,10-11H2,1-6H3,(H2,25,26)(H,27,28). The number of benzene rings is 2. The van der Waals surface area contributed by atoms with E-state index >= 15 is 0 Å². The number of carboxylic acids is 1. The number of carbonyl (C=O) groups is 2. The maximum Gasteiger partial charge on any atom is 0.335 e. The topological polar surface area (TPSA) is 80.4 Å². The summed E-state index contributed by atoms with van der Waals surface area (Å²) in [6.45, 7) is 12.6. The Bertz CT molecular complexity index is 999. The van der Waals surface area contributed by atoms with E-state index in [1.54, 1.807) is 12.1 Å². The summed E-state index contributed by atoms with van der Waals surface area (Å²) in [5.74, 6) is -1.40. The molecule has 1 amide bonds. The number of fused-ring (bicyclic) bond motifs is 1. The van der Waals surface area contributed by atoms with Gasteiger partial charge >= 0.3 is 5.97 Å². The third kappa shape index (κ3) is 3.01. The van der Waals surface area contributed by atoms with Crippen LogP contribution in [0.5, 0.6) is 0 Å². The second-order valence-electron chi connectivity index (χ2n) is 9.26. The minimum absolute atomic E-state index is 0.0875. The Morgan fingerprint density at radius 2 is 1.57 bits per heavy atom. The zero-order valence-electron chi connectivity index (χ0n) is 17.6. The van der Waals surface area contributed by atoms with Gasteiger partial charge in [-0.15, -0.1) is 0 Å². The maximum atomic E-state index is 12.3. The minimum Gasteiger partial charge on any atom is -0.478 e. The number of nitrogens with two attached hydrogens (primary N) is 1. The van der Waals surface area contributed by atoms with Gasteiger partial charge in [-0.2, -0.15) is 0 Å². The predicted octanol–water partition coefficient (Wildman–Crippen LogP) is 5.12. The lowest BCUT2D eigenvalue weighted by Crippen LogP contribution is -2.35. The number of hydrogen-bond donors (Lipinski definition) is 2. The third-order valence-electron chi connectivity index (χ3n) is 6.47. The van der Waals surface area contributed by atoms with Crippen LogP contribution in [0.2, 0.25) is 0 Å². The highest BCUT2D eigenvalue weighted by Gasteiger charge is 2.40. The Morgan fingerprint density at radius 3 is 2.14 bits per heavy atom. The molecule has 0 bridgehead atoms. The zero-order chi connectivity index (χ0) is 21.0. The Labute approximate surface area is 166 Å². The van der Waals surface area contributed by atoms with Crippen LogP contribution in [0.25, 0.3) is 11.1 Å². The molecule has 0 unspecified atom stereocenters. The molecule has 0 spiro atoms. The first kappa shape index (κ1) is 20.1. The molecule has 3 N–H and O–H groups in total. The van der Waals surface area contributed by atoms with Crippen LogP contribution in [0.3, 0.4) is 0 Å². The minimum atomic E-state index is -0.948. The van der Waals surface area contributed by atoms with Gasteiger partial charge in [0.25, 0.3) is 0 Å². The molecule has 3 rings (SSSR count). The van der Waals surface area contributed by atoms with E-state index in [1.165, 1.54) is 5.56 Å². The molecule has 2 aromatic carbocycles. The monoisotopic (exact) mass is 379 g/mol. The van der Waals surface area contributed by atoms with E-state index in [2.05, 4.69) is 27.7 Å². The summed E-state index contributed by atoms with van der Waals surface area (Å²) in [5.41, 5.74) is 12.1. The lowest BCUT2D eigenvalue weighted by molar-refractivity contribution is 0.0696. The van der Waals surface area contributed by atoms with Gasteiger partial charge in [-0.05, 0) is 83.0 Å². The largest absolute Gasteiger partial charge is 0.478 e. The Morgan fingerprint density at radius 1 is 0.964 bits per heavy atom. The second kappa shape index (κ2) is 6.47. The van der Waals surface area contributed by atoms with Gasteiger partial charge < -0.3 is 10.8 Å². The normalized spacial score (nSPS) is 17.1. The van der Waals surface area contributed by atoms with Gasteiger partial charge in [0.15, 0.2) is 0 Å². The van der Waals surface area contributed by atoms with Crippen molar-refractivity contribution in [3.63, 3.8) is 0 Å². The molecule has 0 fully saturated rings. The van der Waals surface area contributed by atoms with Crippen LogP contribution in [0.15, 0.2) is 24.3 Å². The molecule has 0 atom stereocenters. The molecule has 2 aromatic rings. The lowest BCUT2D eigenvalue weighted by Gasteiger charge is -2.44. The first-order chi connectivity index (χ1) is 12.9. The zero-order valence-corrected chi connectivity index (χ0v) is 17.6. The summed E-state index contributed by atoms with van der Waals surface area (Å²) in [6, 6.07) is 7.31. The highest BCUT2D eigenvalue weighted by molar-refractivity contribution is 5.99. The van der Waals surface area contributed by atoms with Crippen LogP contribution in [-0.4, -0.2) is 17.0 Å². The van der Waals surface area contributed by atoms with Gasteiger partial charge in [0.05, 0.1) is 5.56 Å². The molecule has 0 aliphatic heterocycles. The summed E-state index contributed by atoms with van der Waals surface area (Å²) >= 11 is 0. The van der Waals surface area contributed by atoms with Crippen molar-refractivity contribution in [3.05, 3.63) is 57.6 Å². The van der Waals surface area contributed by atoms with Crippen LogP contribution < -0.4 is 5.73 Å². The van der Waals surface area contributed by atoms with Gasteiger partial charge in [-0.3, -0.25) is 4.79 Å². The molecule has 1 aliphatic carbocycles. The summed E-state index contributed by atoms with van der Waals surface area (Å²) in [7, 11) is 0. The van der Waals surface area contributed by atoms with E-state index < -0.39 is 11.9 Å². The van der Waals surface area contributed by atoms with Gasteiger partial charge in [0.2, 0.25) is 5.91 Å². The molecule has 0 saturated heterocycles. The summed E-state index contributed by atoms with van der Waals surface area (Å²) in [6.07, 6.45) is 2.04. The van der Waals surface area contributed by atoms with Crippen LogP contribution in [0.1, 0.15) is 83.5 Å². The Balaban J connectivity index is 2.52. The van der Waals surface area contributed by atoms with Crippen LogP contribution >= 0.6 is 0 Å². The van der Waals surface area contributed by atoms with Gasteiger partial charge in [-0.1, -0.05) is 39.8 Å². The predicted molar refractivity (Wildman–Crippen MR) is 112 cm³/mol. The number of carbonyl (C=O) groups excluding carboxylic acids is 1. The van der Waals surface area contributed by atoms with Crippen LogP contribution in [0.4, 0.5) is 0 Å². The SMILES string of the molecule is Cc1c(C(=O)O)cccc1-c1c(C)c(C(N)=O)cc2c1C(C)(C)CCC2(C)C. The van der Waals surface area contributed by atoms with Crippen molar-refractivity contribution in [1.29, 1.82) is 0 Å². The van der Waals surface area contributed by atoms with Crippen molar-refractivity contribution in [2.45, 2.75) is 65.2 Å². The average molecular weight is 380 g/mol. The number of hydrogen-bond acceptors (Lipinski definition) is 2. The molecule has 0 aromatic heterocycles. The molecule has 4 nitrogen and oxygen atoms in total. The van der Waals surface area contributed by atoms with E-state index in [0.29, 0.717) is 11.1 Å². The molecule has 0 heterocycles. The highest BCUT2D eigenvalue weighted by atomic mass is 16.4. The van der Waals surface area contributed by atoms with E-state index in [9.17, 15) is 14.7 Å². The number of amides is 1. The van der Waals surface area contributed by atoms with E-state index in [1.807, 2.05) is 26.0 Å². The van der Waals surface area contributed by atoms with Crippen LogP contribution in [-0.2, 0) is 10.8 Å². The Hall–Kier alpha value is -2.62. The van der Waals surface area contributed by atoms with Gasteiger partial charge in [0, 0.05) is 5.56 Å². The van der Waals surface area contributed by atoms with Crippen molar-refractivity contribution in [2.75, 3.05) is 0 Å². The van der Waals surface area contributed by atoms with E-state index in [4.69, 9.17) is 5.73 Å². The quantitative estimate of drug-likeness (QED) is 0.777. The second-order valence-corrected chi connectivity index (χ2v) is 9.26. The van der Waals surface area contributed by atoms with Crippen LogP contribution in [0, 0.1) is 13.8 Å². The van der Waals surface area contributed by atoms with Crippen molar-refractivity contribution >= 4 is 11.9 Å². The average Bonchev–Trinajstić information content (AvgIpc) is 2.58. The van der Waals surface area contributed by atoms with Crippen molar-refractivity contribution in [1.82, 2.24) is 0 Å². The molecule has 28 heavy (non-hydrogen) atoms. The number of aromatic carboxylic acids is 1. The fourth-order valence-electron chi connectivity index (χ4n) is 4.63. The molecular weight excluding hydrogens is 350 g/mol. The first-order valence-electron chi connectivity index (χ1n) is 9.70. The fraction of sp³-hybridized carbons (Fsp3) is 0.417. The Kier molecular flexibility index (Phi) is 4.65. The molecule has 0 radical (unpaired) electrons. The lowest BCUT2D eigenvalue weighted by atomic mass is 9.60. The molecule has 148 valence electrons. The van der Waals surface area contributed by atoms with Crippen molar-refractivity contribution in [3.8, 4) is 11.1 Å². The number of primary amides is 1. The number of rotatable bonds is 3. The summed E-state index contributed by atoms with van der Waals surface area (Å²) < 4.78 is 0. The van der Waals surface area contributed by atoms with Crippen molar-refractivity contribution < 1.29 is 14.7 Å². The smallest absolute Gasteiger partial charge is 0.335 e. The van der Waals surface area contributed by atoms with E-state index in [0.717, 1.165) is 35.1 Å².